The average molecular weight is 412 g/mol. The third-order valence-corrected chi connectivity index (χ3v) is 6.16. The maximum absolute atomic E-state index is 11.9. The summed E-state index contributed by atoms with van der Waals surface area (Å²) in [6, 6.07) is 14.2. The van der Waals surface area contributed by atoms with Crippen LogP contribution in [0.4, 0.5) is 0 Å². The molecule has 5 rings (SSSR count). The lowest BCUT2D eigenvalue weighted by atomic mass is 9.92. The smallest absolute Gasteiger partial charge is 0.250 e. The van der Waals surface area contributed by atoms with Crippen LogP contribution in [0.1, 0.15) is 30.0 Å². The Morgan fingerprint density at radius 2 is 1.81 bits per heavy atom. The second-order valence-corrected chi connectivity index (χ2v) is 8.28. The van der Waals surface area contributed by atoms with E-state index in [1.54, 1.807) is 30.1 Å². The van der Waals surface area contributed by atoms with Crippen LogP contribution in [-0.4, -0.2) is 37.5 Å². The maximum atomic E-state index is 11.9. The molecule has 1 aliphatic rings. The first-order chi connectivity index (χ1) is 15.2. The Kier molecular flexibility index (Phi) is 5.30. The minimum Gasteiger partial charge on any atom is -0.319 e. The summed E-state index contributed by atoms with van der Waals surface area (Å²) < 4.78 is 1.61. The molecule has 0 amide bonds. The monoisotopic (exact) mass is 411 g/mol. The van der Waals surface area contributed by atoms with E-state index in [2.05, 4.69) is 33.1 Å². The average Bonchev–Trinajstić information content (AvgIpc) is 2.82. The molecule has 5 heterocycles. The Hall–Kier alpha value is -3.38. The quantitative estimate of drug-likeness (QED) is 0.512. The third-order valence-electron chi connectivity index (χ3n) is 6.16. The van der Waals surface area contributed by atoms with Crippen molar-refractivity contribution < 1.29 is 0 Å². The summed E-state index contributed by atoms with van der Waals surface area (Å²) in [4.78, 5) is 27.9. The number of aryl methyl sites for hydroxylation is 1. The van der Waals surface area contributed by atoms with E-state index in [1.807, 2.05) is 30.6 Å². The molecule has 0 spiro atoms. The normalized spacial score (nSPS) is 15.4. The lowest BCUT2D eigenvalue weighted by Gasteiger charge is -2.31. The molecule has 4 aromatic heterocycles. The van der Waals surface area contributed by atoms with Gasteiger partial charge in [0.05, 0.1) is 0 Å². The van der Waals surface area contributed by atoms with Gasteiger partial charge >= 0.3 is 0 Å². The highest BCUT2D eigenvalue weighted by atomic mass is 16.1. The SMILES string of the molecule is Cn1ccc(CN2CCC(c3ccc4cc(-c5ccncc5)cnc4n3)CC2)cc1=O. The minimum absolute atomic E-state index is 0.0485. The fourth-order valence-corrected chi connectivity index (χ4v) is 4.29. The van der Waals surface area contributed by atoms with Crippen molar-refractivity contribution in [1.82, 2.24) is 24.4 Å². The molecule has 0 bridgehead atoms. The highest BCUT2D eigenvalue weighted by Crippen LogP contribution is 2.29. The second kappa shape index (κ2) is 8.40. The highest BCUT2D eigenvalue weighted by molar-refractivity contribution is 5.80. The van der Waals surface area contributed by atoms with Gasteiger partial charge in [-0.25, -0.2) is 9.97 Å². The summed E-state index contributed by atoms with van der Waals surface area (Å²) in [6.07, 6.45) is 9.46. The van der Waals surface area contributed by atoms with Crippen LogP contribution >= 0.6 is 0 Å². The Morgan fingerprint density at radius 3 is 2.58 bits per heavy atom. The fraction of sp³-hybridized carbons (Fsp3) is 0.280. The predicted octanol–water partition coefficient (Wildman–Crippen LogP) is 3.77. The topological polar surface area (TPSA) is 63.9 Å². The van der Waals surface area contributed by atoms with Gasteiger partial charge in [0.15, 0.2) is 5.65 Å². The second-order valence-electron chi connectivity index (χ2n) is 8.28. The number of hydrogen-bond acceptors (Lipinski definition) is 5. The van der Waals surface area contributed by atoms with Gasteiger partial charge in [-0.2, -0.15) is 0 Å². The Bertz CT molecular complexity index is 1260. The highest BCUT2D eigenvalue weighted by Gasteiger charge is 2.22. The molecule has 1 fully saturated rings. The van der Waals surface area contributed by atoms with Gasteiger partial charge in [-0.1, -0.05) is 0 Å². The van der Waals surface area contributed by atoms with Crippen LogP contribution in [0, 0.1) is 0 Å². The Balaban J connectivity index is 1.27. The molecular formula is C25H25N5O. The van der Waals surface area contributed by atoms with Gasteiger partial charge in [0.2, 0.25) is 0 Å². The summed E-state index contributed by atoms with van der Waals surface area (Å²) in [5.74, 6) is 0.450. The molecule has 0 radical (unpaired) electrons. The number of aromatic nitrogens is 4. The van der Waals surface area contributed by atoms with Crippen molar-refractivity contribution in [2.75, 3.05) is 13.1 Å². The van der Waals surface area contributed by atoms with E-state index in [0.29, 0.717) is 5.92 Å². The maximum Gasteiger partial charge on any atom is 0.250 e. The molecule has 0 atom stereocenters. The van der Waals surface area contributed by atoms with E-state index in [1.165, 1.54) is 0 Å². The molecule has 1 aliphatic heterocycles. The van der Waals surface area contributed by atoms with Gasteiger partial charge in [-0.15, -0.1) is 0 Å². The number of piperidine rings is 1. The van der Waals surface area contributed by atoms with Crippen LogP contribution in [0.15, 0.2) is 72.0 Å². The van der Waals surface area contributed by atoms with Crippen molar-refractivity contribution in [2.45, 2.75) is 25.3 Å². The van der Waals surface area contributed by atoms with Gasteiger partial charge in [0.25, 0.3) is 5.56 Å². The molecule has 0 saturated carbocycles. The molecule has 0 aromatic carbocycles. The van der Waals surface area contributed by atoms with Gasteiger partial charge in [-0.3, -0.25) is 14.7 Å². The van der Waals surface area contributed by atoms with Gasteiger partial charge in [-0.05, 0) is 73.5 Å². The van der Waals surface area contributed by atoms with Crippen LogP contribution in [0.25, 0.3) is 22.2 Å². The molecule has 4 aromatic rings. The molecule has 1 saturated heterocycles. The van der Waals surface area contributed by atoms with E-state index < -0.39 is 0 Å². The Labute approximate surface area is 181 Å². The van der Waals surface area contributed by atoms with Crippen molar-refractivity contribution in [2.24, 2.45) is 7.05 Å². The summed E-state index contributed by atoms with van der Waals surface area (Å²) >= 11 is 0. The van der Waals surface area contributed by atoms with Gasteiger partial charge in [0, 0.05) is 67.0 Å². The van der Waals surface area contributed by atoms with Crippen LogP contribution in [0.5, 0.6) is 0 Å². The van der Waals surface area contributed by atoms with Crippen molar-refractivity contribution in [3.63, 3.8) is 0 Å². The van der Waals surface area contributed by atoms with E-state index in [-0.39, 0.29) is 5.56 Å². The molecule has 31 heavy (non-hydrogen) atoms. The zero-order valence-electron chi connectivity index (χ0n) is 17.6. The first-order valence-electron chi connectivity index (χ1n) is 10.7. The molecule has 0 N–H and O–H groups in total. The van der Waals surface area contributed by atoms with Crippen molar-refractivity contribution >= 4 is 11.0 Å². The predicted molar refractivity (Wildman–Crippen MR) is 122 cm³/mol. The van der Waals surface area contributed by atoms with Crippen molar-refractivity contribution in [3.05, 3.63) is 88.9 Å². The summed E-state index contributed by atoms with van der Waals surface area (Å²) in [7, 11) is 1.78. The van der Waals surface area contributed by atoms with Crippen molar-refractivity contribution in [1.29, 1.82) is 0 Å². The summed E-state index contributed by atoms with van der Waals surface area (Å²) in [6.45, 7) is 2.84. The standard InChI is InChI=1S/C25H25N5O/c1-29-11-6-18(14-24(29)31)17-30-12-7-20(8-13-30)23-3-2-21-15-22(16-27-25(21)28-23)19-4-9-26-10-5-19/h2-6,9-11,14-16,20H,7-8,12-13,17H2,1H3. The zero-order valence-corrected chi connectivity index (χ0v) is 17.6. The minimum atomic E-state index is 0.0485. The summed E-state index contributed by atoms with van der Waals surface area (Å²) in [5.41, 5.74) is 5.25. The number of hydrogen-bond donors (Lipinski definition) is 0. The van der Waals surface area contributed by atoms with Crippen LogP contribution in [-0.2, 0) is 13.6 Å². The number of nitrogens with zero attached hydrogens (tertiary/aromatic N) is 5. The van der Waals surface area contributed by atoms with Crippen LogP contribution in [0.2, 0.25) is 0 Å². The van der Waals surface area contributed by atoms with Gasteiger partial charge < -0.3 is 4.57 Å². The Morgan fingerprint density at radius 1 is 1.00 bits per heavy atom. The number of pyridine rings is 4. The molecule has 6 nitrogen and oxygen atoms in total. The van der Waals surface area contributed by atoms with Crippen molar-refractivity contribution in [3.8, 4) is 11.1 Å². The molecule has 0 unspecified atom stereocenters. The van der Waals surface area contributed by atoms with Crippen LogP contribution in [0.3, 0.4) is 0 Å². The molecule has 6 heteroatoms. The summed E-state index contributed by atoms with van der Waals surface area (Å²) in [5, 5.41) is 1.06. The largest absolute Gasteiger partial charge is 0.319 e. The first-order valence-corrected chi connectivity index (χ1v) is 10.7. The van der Waals surface area contributed by atoms with E-state index in [4.69, 9.17) is 4.98 Å². The lowest BCUT2D eigenvalue weighted by Crippen LogP contribution is -2.33. The first kappa shape index (κ1) is 19.6. The molecular weight excluding hydrogens is 386 g/mol. The fourth-order valence-electron chi connectivity index (χ4n) is 4.29. The number of fused-ring (bicyclic) bond motifs is 1. The van der Waals surface area contributed by atoms with E-state index in [0.717, 1.165) is 65.9 Å². The van der Waals surface area contributed by atoms with E-state index in [9.17, 15) is 4.79 Å². The zero-order chi connectivity index (χ0) is 21.2. The van der Waals surface area contributed by atoms with E-state index >= 15 is 0 Å². The molecule has 156 valence electrons. The third kappa shape index (κ3) is 4.25. The lowest BCUT2D eigenvalue weighted by molar-refractivity contribution is 0.203. The number of likely N-dealkylation sites (tertiary alicyclic amines) is 1. The van der Waals surface area contributed by atoms with Gasteiger partial charge in [0.1, 0.15) is 0 Å². The van der Waals surface area contributed by atoms with Crippen LogP contribution < -0.4 is 5.56 Å². The molecule has 0 aliphatic carbocycles. The number of rotatable bonds is 4.